The van der Waals surface area contributed by atoms with Crippen molar-refractivity contribution >= 4 is 48.5 Å². The van der Waals surface area contributed by atoms with Gasteiger partial charge in [0.15, 0.2) is 10.8 Å². The Labute approximate surface area is 168 Å². The number of aromatic nitrogens is 4. The van der Waals surface area contributed by atoms with E-state index in [0.29, 0.717) is 17.4 Å². The van der Waals surface area contributed by atoms with Crippen molar-refractivity contribution in [2.45, 2.75) is 13.5 Å². The van der Waals surface area contributed by atoms with Gasteiger partial charge in [-0.15, -0.1) is 0 Å². The number of rotatable bonds is 4. The third-order valence-electron chi connectivity index (χ3n) is 4.08. The molecule has 0 spiro atoms. The van der Waals surface area contributed by atoms with Crippen LogP contribution in [0.4, 0.5) is 5.13 Å². The summed E-state index contributed by atoms with van der Waals surface area (Å²) in [4.78, 5) is 24.0. The van der Waals surface area contributed by atoms with Gasteiger partial charge in [0.25, 0.3) is 5.91 Å². The zero-order chi connectivity index (χ0) is 19.0. The van der Waals surface area contributed by atoms with E-state index in [1.165, 1.54) is 11.3 Å². The molecular weight excluding hydrogens is 426 g/mol. The quantitative estimate of drug-likeness (QED) is 0.472. The van der Waals surface area contributed by atoms with Crippen LogP contribution >= 0.6 is 27.3 Å². The Morgan fingerprint density at radius 3 is 2.85 bits per heavy atom. The van der Waals surface area contributed by atoms with Gasteiger partial charge in [0.05, 0.1) is 22.5 Å². The molecule has 0 aliphatic rings. The number of thiazole rings is 1. The number of nitrogens with zero attached hydrogens (tertiary/aromatic N) is 5. The van der Waals surface area contributed by atoms with E-state index in [1.54, 1.807) is 15.8 Å². The lowest BCUT2D eigenvalue weighted by Gasteiger charge is -2.18. The monoisotopic (exact) mass is 441 g/mol. The third-order valence-corrected chi connectivity index (χ3v) is 5.61. The molecule has 1 amide bonds. The highest BCUT2D eigenvalue weighted by molar-refractivity contribution is 9.10. The average molecular weight is 442 g/mol. The molecule has 3 heterocycles. The van der Waals surface area contributed by atoms with Gasteiger partial charge in [-0.05, 0) is 37.3 Å². The minimum Gasteiger partial charge on any atom is -0.276 e. The molecule has 4 rings (SSSR count). The van der Waals surface area contributed by atoms with Crippen LogP contribution in [0.25, 0.3) is 10.2 Å². The van der Waals surface area contributed by atoms with Crippen LogP contribution in [0.2, 0.25) is 0 Å². The van der Waals surface area contributed by atoms with Crippen molar-refractivity contribution in [1.82, 2.24) is 19.7 Å². The maximum absolute atomic E-state index is 13.3. The number of anilines is 1. The van der Waals surface area contributed by atoms with E-state index >= 15 is 0 Å². The van der Waals surface area contributed by atoms with Crippen LogP contribution in [0.5, 0.6) is 0 Å². The Morgan fingerprint density at radius 2 is 2.15 bits per heavy atom. The Kier molecular flexibility index (Phi) is 4.75. The molecule has 0 aliphatic carbocycles. The van der Waals surface area contributed by atoms with Gasteiger partial charge in [0, 0.05) is 29.5 Å². The molecule has 0 atom stereocenters. The van der Waals surface area contributed by atoms with E-state index in [0.717, 1.165) is 25.9 Å². The number of benzene rings is 1. The van der Waals surface area contributed by atoms with Crippen molar-refractivity contribution in [3.05, 3.63) is 70.2 Å². The number of pyridine rings is 1. The van der Waals surface area contributed by atoms with Gasteiger partial charge >= 0.3 is 0 Å². The maximum Gasteiger partial charge on any atom is 0.281 e. The van der Waals surface area contributed by atoms with Crippen molar-refractivity contribution in [2.24, 2.45) is 7.05 Å². The molecule has 3 aromatic heterocycles. The smallest absolute Gasteiger partial charge is 0.276 e. The van der Waals surface area contributed by atoms with Gasteiger partial charge in [0.1, 0.15) is 0 Å². The number of hydrogen-bond donors (Lipinski definition) is 0. The Balaban J connectivity index is 1.79. The summed E-state index contributed by atoms with van der Waals surface area (Å²) in [5, 5.41) is 4.97. The third kappa shape index (κ3) is 3.63. The minimum absolute atomic E-state index is 0.183. The van der Waals surface area contributed by atoms with Crippen LogP contribution in [0.1, 0.15) is 21.7 Å². The summed E-state index contributed by atoms with van der Waals surface area (Å²) in [6, 6.07) is 11.6. The first kappa shape index (κ1) is 17.8. The summed E-state index contributed by atoms with van der Waals surface area (Å²) >= 11 is 4.96. The number of aryl methyl sites for hydroxylation is 2. The Morgan fingerprint density at radius 1 is 1.30 bits per heavy atom. The van der Waals surface area contributed by atoms with Gasteiger partial charge in [-0.2, -0.15) is 5.10 Å². The van der Waals surface area contributed by atoms with E-state index < -0.39 is 0 Å². The molecule has 8 heteroatoms. The number of hydrogen-bond acceptors (Lipinski definition) is 5. The summed E-state index contributed by atoms with van der Waals surface area (Å²) in [5.74, 6) is -0.183. The van der Waals surface area contributed by atoms with Crippen LogP contribution < -0.4 is 4.90 Å². The minimum atomic E-state index is -0.183. The van der Waals surface area contributed by atoms with Crippen LogP contribution in [0.3, 0.4) is 0 Å². The van der Waals surface area contributed by atoms with Crippen LogP contribution in [0, 0.1) is 6.92 Å². The molecule has 0 unspecified atom stereocenters. The summed E-state index contributed by atoms with van der Waals surface area (Å²) in [7, 11) is 1.81. The van der Waals surface area contributed by atoms with E-state index in [2.05, 4.69) is 31.0 Å². The largest absolute Gasteiger partial charge is 0.281 e. The number of carbonyl (C=O) groups is 1. The zero-order valence-corrected chi connectivity index (χ0v) is 17.2. The van der Waals surface area contributed by atoms with Gasteiger partial charge in [-0.1, -0.05) is 33.3 Å². The highest BCUT2D eigenvalue weighted by Gasteiger charge is 2.25. The van der Waals surface area contributed by atoms with E-state index in [4.69, 9.17) is 0 Å². The van der Waals surface area contributed by atoms with Gasteiger partial charge in [0.2, 0.25) is 0 Å². The average Bonchev–Trinajstić information content (AvgIpc) is 3.22. The topological polar surface area (TPSA) is 63.9 Å². The van der Waals surface area contributed by atoms with Gasteiger partial charge in [-0.3, -0.25) is 19.4 Å². The molecule has 136 valence electrons. The first-order valence-corrected chi connectivity index (χ1v) is 9.90. The maximum atomic E-state index is 13.3. The van der Waals surface area contributed by atoms with E-state index in [1.807, 2.05) is 56.6 Å². The molecular formula is C19H16BrN5OS. The van der Waals surface area contributed by atoms with Crippen LogP contribution in [-0.4, -0.2) is 25.7 Å². The Bertz CT molecular complexity index is 1120. The standard InChI is InChI=1S/C19H16BrN5OS/c1-12-10-24(2)23-17(12)18(26)25(11-14-5-3-4-8-21-14)19-22-15-7-6-13(20)9-16(15)27-19/h3-10H,11H2,1-2H3. The van der Waals surface area contributed by atoms with Gasteiger partial charge in [-0.25, -0.2) is 4.98 Å². The number of fused-ring (bicyclic) bond motifs is 1. The molecule has 0 saturated heterocycles. The fraction of sp³-hybridized carbons (Fsp3) is 0.158. The highest BCUT2D eigenvalue weighted by atomic mass is 79.9. The van der Waals surface area contributed by atoms with Crippen molar-refractivity contribution in [2.75, 3.05) is 4.90 Å². The normalized spacial score (nSPS) is 11.1. The molecule has 0 saturated carbocycles. The second-order valence-corrected chi connectivity index (χ2v) is 8.08. The predicted octanol–water partition coefficient (Wildman–Crippen LogP) is 4.34. The fourth-order valence-corrected chi connectivity index (χ4v) is 4.34. The van der Waals surface area contributed by atoms with Crippen LogP contribution in [0.15, 0.2) is 53.3 Å². The molecule has 4 aromatic rings. The van der Waals surface area contributed by atoms with Crippen molar-refractivity contribution in [3.63, 3.8) is 0 Å². The summed E-state index contributed by atoms with van der Waals surface area (Å²) in [6.07, 6.45) is 3.56. The summed E-state index contributed by atoms with van der Waals surface area (Å²) in [6.45, 7) is 2.21. The number of halogens is 1. The molecule has 0 N–H and O–H groups in total. The van der Waals surface area contributed by atoms with Crippen molar-refractivity contribution in [3.8, 4) is 0 Å². The lowest BCUT2D eigenvalue weighted by atomic mass is 10.2. The first-order valence-electron chi connectivity index (χ1n) is 8.29. The summed E-state index contributed by atoms with van der Waals surface area (Å²) in [5.41, 5.74) is 2.90. The number of carbonyl (C=O) groups excluding carboxylic acids is 1. The lowest BCUT2D eigenvalue weighted by Crippen LogP contribution is -2.31. The predicted molar refractivity (Wildman–Crippen MR) is 110 cm³/mol. The van der Waals surface area contributed by atoms with E-state index in [-0.39, 0.29) is 5.91 Å². The highest BCUT2D eigenvalue weighted by Crippen LogP contribution is 2.32. The lowest BCUT2D eigenvalue weighted by molar-refractivity contribution is 0.0978. The summed E-state index contributed by atoms with van der Waals surface area (Å²) < 4.78 is 3.64. The molecule has 0 bridgehead atoms. The Hall–Kier alpha value is -2.58. The molecule has 6 nitrogen and oxygen atoms in total. The molecule has 0 radical (unpaired) electrons. The molecule has 0 aliphatic heterocycles. The number of amides is 1. The fourth-order valence-electron chi connectivity index (χ4n) is 2.83. The SMILES string of the molecule is Cc1cn(C)nc1C(=O)N(Cc1ccccn1)c1nc2ccc(Br)cc2s1. The van der Waals surface area contributed by atoms with Crippen molar-refractivity contribution in [1.29, 1.82) is 0 Å². The van der Waals surface area contributed by atoms with E-state index in [9.17, 15) is 4.79 Å². The van der Waals surface area contributed by atoms with Crippen LogP contribution in [-0.2, 0) is 13.6 Å². The van der Waals surface area contributed by atoms with Crippen molar-refractivity contribution < 1.29 is 4.79 Å². The first-order chi connectivity index (χ1) is 13.0. The molecule has 27 heavy (non-hydrogen) atoms. The molecule has 1 aromatic carbocycles. The second kappa shape index (κ2) is 7.21. The molecule has 0 fully saturated rings. The van der Waals surface area contributed by atoms with Gasteiger partial charge < -0.3 is 0 Å². The second-order valence-electron chi connectivity index (χ2n) is 6.16. The zero-order valence-electron chi connectivity index (χ0n) is 14.8.